The van der Waals surface area contributed by atoms with Crippen molar-refractivity contribution in [3.05, 3.63) is 29.5 Å². The van der Waals surface area contributed by atoms with Crippen LogP contribution in [0.5, 0.6) is 5.75 Å². The van der Waals surface area contributed by atoms with E-state index in [1.165, 1.54) is 0 Å². The molecular weight excluding hydrogens is 376 g/mol. The van der Waals surface area contributed by atoms with Gasteiger partial charge in [0.2, 0.25) is 0 Å². The van der Waals surface area contributed by atoms with Gasteiger partial charge in [-0.3, -0.25) is 0 Å². The molecule has 1 saturated heterocycles. The van der Waals surface area contributed by atoms with Crippen molar-refractivity contribution in [2.24, 2.45) is 0 Å². The van der Waals surface area contributed by atoms with E-state index in [2.05, 4.69) is 17.2 Å². The van der Waals surface area contributed by atoms with Gasteiger partial charge in [0.25, 0.3) is 0 Å². The van der Waals surface area contributed by atoms with Gasteiger partial charge in [0.15, 0.2) is 5.60 Å². The third-order valence-corrected chi connectivity index (χ3v) is 4.33. The lowest BCUT2D eigenvalue weighted by molar-refractivity contribution is -0.140. The van der Waals surface area contributed by atoms with Gasteiger partial charge in [-0.2, -0.15) is 0 Å². The minimum atomic E-state index is -1.12. The van der Waals surface area contributed by atoms with Gasteiger partial charge in [0, 0.05) is 12.6 Å². The molecule has 1 fully saturated rings. The summed E-state index contributed by atoms with van der Waals surface area (Å²) < 4.78 is 16.0. The summed E-state index contributed by atoms with van der Waals surface area (Å²) in [4.78, 5) is 25.4. The molecule has 1 amide bonds. The Labute approximate surface area is 169 Å². The van der Waals surface area contributed by atoms with Crippen LogP contribution in [0, 0.1) is 11.8 Å². The second-order valence-electron chi connectivity index (χ2n) is 8.01. The predicted molar refractivity (Wildman–Crippen MR) is 105 cm³/mol. The molecule has 0 spiro atoms. The SMILES string of the molecule is CN1C(=C=O)[C@H](NC(=O)OC(C)(C)C)COc2ccc(C#CC3(O)COC3)cc21. The minimum Gasteiger partial charge on any atom is -0.489 e. The van der Waals surface area contributed by atoms with Gasteiger partial charge in [0.05, 0.1) is 18.9 Å². The first-order chi connectivity index (χ1) is 13.6. The van der Waals surface area contributed by atoms with Crippen molar-refractivity contribution >= 4 is 17.7 Å². The van der Waals surface area contributed by atoms with Crippen molar-refractivity contribution in [3.63, 3.8) is 0 Å². The van der Waals surface area contributed by atoms with Gasteiger partial charge < -0.3 is 29.5 Å². The lowest BCUT2D eigenvalue weighted by Gasteiger charge is -2.30. The molecule has 1 atom stereocenters. The highest BCUT2D eigenvalue weighted by Crippen LogP contribution is 2.34. The Balaban J connectivity index is 1.82. The highest BCUT2D eigenvalue weighted by molar-refractivity contribution is 5.75. The zero-order valence-corrected chi connectivity index (χ0v) is 16.9. The summed E-state index contributed by atoms with van der Waals surface area (Å²) in [7, 11) is 1.68. The minimum absolute atomic E-state index is 0.0449. The third-order valence-electron chi connectivity index (χ3n) is 4.33. The Morgan fingerprint density at radius 3 is 2.69 bits per heavy atom. The summed E-state index contributed by atoms with van der Waals surface area (Å²) in [6.45, 7) is 5.67. The van der Waals surface area contributed by atoms with Crippen molar-refractivity contribution in [2.45, 2.75) is 38.0 Å². The van der Waals surface area contributed by atoms with Crippen LogP contribution >= 0.6 is 0 Å². The van der Waals surface area contributed by atoms with E-state index in [-0.39, 0.29) is 25.5 Å². The van der Waals surface area contributed by atoms with Gasteiger partial charge in [-0.25, -0.2) is 9.59 Å². The molecule has 0 aromatic heterocycles. The zero-order valence-electron chi connectivity index (χ0n) is 16.9. The number of hydrogen-bond donors (Lipinski definition) is 2. The monoisotopic (exact) mass is 400 g/mol. The van der Waals surface area contributed by atoms with Crippen LogP contribution in [0.2, 0.25) is 0 Å². The van der Waals surface area contributed by atoms with Crippen LogP contribution < -0.4 is 15.0 Å². The van der Waals surface area contributed by atoms with Crippen LogP contribution in [-0.2, 0) is 14.3 Å². The number of carbonyl (C=O) groups excluding carboxylic acids is 2. The second kappa shape index (κ2) is 7.80. The molecule has 2 N–H and O–H groups in total. The molecule has 0 saturated carbocycles. The second-order valence-corrected chi connectivity index (χ2v) is 8.01. The summed E-state index contributed by atoms with van der Waals surface area (Å²) in [5.74, 6) is 8.14. The van der Waals surface area contributed by atoms with Crippen molar-refractivity contribution in [2.75, 3.05) is 31.8 Å². The van der Waals surface area contributed by atoms with Crippen molar-refractivity contribution in [3.8, 4) is 17.6 Å². The van der Waals surface area contributed by atoms with Crippen molar-refractivity contribution in [1.29, 1.82) is 0 Å². The number of ether oxygens (including phenoxy) is 3. The van der Waals surface area contributed by atoms with E-state index < -0.39 is 23.3 Å². The maximum absolute atomic E-state index is 12.1. The molecule has 1 aromatic carbocycles. The van der Waals surface area contributed by atoms with Gasteiger partial charge in [-0.1, -0.05) is 11.8 Å². The Morgan fingerprint density at radius 1 is 1.38 bits per heavy atom. The first kappa shape index (κ1) is 20.7. The number of carbonyl (C=O) groups is 1. The van der Waals surface area contributed by atoms with Crippen molar-refractivity contribution < 1.29 is 28.9 Å². The summed E-state index contributed by atoms with van der Waals surface area (Å²) in [5.41, 5.74) is -0.348. The van der Waals surface area contributed by atoms with Crippen LogP contribution in [-0.4, -0.2) is 61.3 Å². The maximum Gasteiger partial charge on any atom is 0.408 e. The molecule has 1 aromatic rings. The Kier molecular flexibility index (Phi) is 5.58. The first-order valence-electron chi connectivity index (χ1n) is 9.19. The normalized spacial score (nSPS) is 20.0. The zero-order chi connectivity index (χ0) is 21.2. The lowest BCUT2D eigenvalue weighted by atomic mass is 10.0. The number of anilines is 1. The van der Waals surface area contributed by atoms with E-state index in [1.54, 1.807) is 50.9 Å². The van der Waals surface area contributed by atoms with E-state index >= 15 is 0 Å². The number of amides is 1. The van der Waals surface area contributed by atoms with Crippen LogP contribution in [0.3, 0.4) is 0 Å². The van der Waals surface area contributed by atoms with Crippen LogP contribution in [0.4, 0.5) is 10.5 Å². The molecule has 2 aliphatic rings. The highest BCUT2D eigenvalue weighted by atomic mass is 16.6. The molecule has 2 heterocycles. The smallest absolute Gasteiger partial charge is 0.408 e. The number of likely N-dealkylation sites (N-methyl/N-ethyl adjacent to an activating group) is 1. The number of aliphatic hydroxyl groups is 1. The Bertz CT molecular complexity index is 913. The maximum atomic E-state index is 12.1. The summed E-state index contributed by atoms with van der Waals surface area (Å²) in [6, 6.07) is 4.50. The van der Waals surface area contributed by atoms with E-state index in [9.17, 15) is 14.7 Å². The van der Waals surface area contributed by atoms with Gasteiger partial charge >= 0.3 is 6.09 Å². The summed E-state index contributed by atoms with van der Waals surface area (Å²) in [6.07, 6.45) is -0.652. The quantitative estimate of drug-likeness (QED) is 0.541. The molecule has 0 unspecified atom stereocenters. The van der Waals surface area contributed by atoms with E-state index in [0.717, 1.165) is 0 Å². The van der Waals surface area contributed by atoms with Crippen LogP contribution in [0.25, 0.3) is 0 Å². The summed E-state index contributed by atoms with van der Waals surface area (Å²) >= 11 is 0. The fraction of sp³-hybridized carbons (Fsp3) is 0.476. The average molecular weight is 400 g/mol. The number of alkyl carbamates (subject to hydrolysis) is 1. The fourth-order valence-electron chi connectivity index (χ4n) is 2.85. The number of hydrogen-bond acceptors (Lipinski definition) is 7. The highest BCUT2D eigenvalue weighted by Gasteiger charge is 2.34. The standard InChI is InChI=1S/C21H24N2O6/c1-20(2,3)29-19(25)22-15-11-28-18-6-5-14(7-8-21(26)12-27-13-21)9-16(18)23(4)17(15)10-24/h5-6,9,15,26H,11-13H2,1-4H3,(H,22,25)/t15-/m1/s1. The van der Waals surface area contributed by atoms with Gasteiger partial charge in [-0.05, 0) is 39.0 Å². The number of benzene rings is 1. The third kappa shape index (κ3) is 4.90. The van der Waals surface area contributed by atoms with E-state index in [1.807, 2.05) is 5.94 Å². The van der Waals surface area contributed by atoms with Crippen LogP contribution in [0.1, 0.15) is 26.3 Å². The Morgan fingerprint density at radius 2 is 2.10 bits per heavy atom. The Hall–Kier alpha value is -2.98. The summed E-state index contributed by atoms with van der Waals surface area (Å²) in [5, 5.41) is 12.7. The molecule has 0 bridgehead atoms. The molecule has 3 rings (SSSR count). The van der Waals surface area contributed by atoms with Crippen molar-refractivity contribution in [1.82, 2.24) is 5.32 Å². The molecule has 8 nitrogen and oxygen atoms in total. The van der Waals surface area contributed by atoms with E-state index in [4.69, 9.17) is 14.2 Å². The van der Waals surface area contributed by atoms with E-state index in [0.29, 0.717) is 17.0 Å². The molecule has 0 radical (unpaired) electrons. The van der Waals surface area contributed by atoms with Gasteiger partial charge in [-0.15, -0.1) is 0 Å². The molecule has 154 valence electrons. The largest absolute Gasteiger partial charge is 0.489 e. The molecular formula is C21H24N2O6. The first-order valence-corrected chi connectivity index (χ1v) is 9.19. The predicted octanol–water partition coefficient (Wildman–Crippen LogP) is 1.24. The molecule has 2 aliphatic heterocycles. The topological polar surface area (TPSA) is 97.3 Å². The number of rotatable bonds is 1. The lowest BCUT2D eigenvalue weighted by Crippen LogP contribution is -2.48. The van der Waals surface area contributed by atoms with Crippen LogP contribution in [0.15, 0.2) is 23.9 Å². The number of fused-ring (bicyclic) bond motifs is 1. The number of nitrogens with zero attached hydrogens (tertiary/aromatic N) is 1. The fourth-order valence-corrected chi connectivity index (χ4v) is 2.85. The van der Waals surface area contributed by atoms with Gasteiger partial charge in [0.1, 0.15) is 35.6 Å². The molecule has 0 aliphatic carbocycles. The molecule has 29 heavy (non-hydrogen) atoms. The number of nitrogens with one attached hydrogen (secondary N) is 1. The average Bonchev–Trinajstić information content (AvgIpc) is 2.73. The molecule has 8 heteroatoms.